The highest BCUT2D eigenvalue weighted by molar-refractivity contribution is 5.79. The summed E-state index contributed by atoms with van der Waals surface area (Å²) in [5, 5.41) is 5.68. The van der Waals surface area contributed by atoms with Gasteiger partial charge in [0.1, 0.15) is 12.7 Å². The molecular weight excluding hydrogens is 332 g/mol. The quantitative estimate of drug-likeness (QED) is 0.834. The Labute approximate surface area is 152 Å². The van der Waals surface area contributed by atoms with Gasteiger partial charge in [0.05, 0.1) is 19.0 Å². The number of hydrogen-bond donors (Lipinski definition) is 2. The van der Waals surface area contributed by atoms with Crippen LogP contribution in [0.3, 0.4) is 0 Å². The summed E-state index contributed by atoms with van der Waals surface area (Å²) in [5.41, 5.74) is 0.893. The van der Waals surface area contributed by atoms with Crippen molar-refractivity contribution in [1.29, 1.82) is 0 Å². The minimum atomic E-state index is -0.363. The first-order chi connectivity index (χ1) is 12.6. The first-order valence-corrected chi connectivity index (χ1v) is 8.59. The van der Waals surface area contributed by atoms with Crippen molar-refractivity contribution in [2.45, 2.75) is 25.5 Å². The van der Waals surface area contributed by atoms with Crippen molar-refractivity contribution < 1.29 is 19.1 Å². The van der Waals surface area contributed by atoms with Crippen molar-refractivity contribution >= 4 is 11.8 Å². The summed E-state index contributed by atoms with van der Waals surface area (Å²) in [7, 11) is 0. The molecule has 26 heavy (non-hydrogen) atoms. The zero-order chi connectivity index (χ0) is 18.4. The molecule has 3 rings (SSSR count). The fourth-order valence-corrected chi connectivity index (χ4v) is 2.83. The highest BCUT2D eigenvalue weighted by Gasteiger charge is 2.22. The molecule has 2 aromatic carbocycles. The number of ether oxygens (including phenoxy) is 2. The number of nitrogens with one attached hydrogen (secondary N) is 2. The van der Waals surface area contributed by atoms with Crippen molar-refractivity contribution in [2.75, 3.05) is 13.2 Å². The fraction of sp³-hybridized carbons (Fsp3) is 0.300. The molecule has 0 saturated carbocycles. The molecule has 1 aliphatic heterocycles. The van der Waals surface area contributed by atoms with Crippen molar-refractivity contribution in [3.05, 3.63) is 60.2 Å². The van der Waals surface area contributed by atoms with Gasteiger partial charge in [-0.15, -0.1) is 0 Å². The summed E-state index contributed by atoms with van der Waals surface area (Å²) < 4.78 is 11.5. The maximum absolute atomic E-state index is 12.3. The summed E-state index contributed by atoms with van der Waals surface area (Å²) in [6.45, 7) is 2.17. The minimum Gasteiger partial charge on any atom is -0.486 e. The molecule has 2 aromatic rings. The summed E-state index contributed by atoms with van der Waals surface area (Å²) in [4.78, 5) is 23.8. The topological polar surface area (TPSA) is 76.7 Å². The second-order valence-electron chi connectivity index (χ2n) is 6.17. The van der Waals surface area contributed by atoms with Crippen LogP contribution in [0, 0.1) is 0 Å². The van der Waals surface area contributed by atoms with Gasteiger partial charge in [0.15, 0.2) is 11.5 Å². The molecule has 0 radical (unpaired) electrons. The maximum Gasteiger partial charge on any atom is 0.222 e. The first-order valence-electron chi connectivity index (χ1n) is 8.59. The summed E-state index contributed by atoms with van der Waals surface area (Å²) in [6.07, 6.45) is -0.0851. The highest BCUT2D eigenvalue weighted by Crippen LogP contribution is 2.30. The molecule has 0 bridgehead atoms. The van der Waals surface area contributed by atoms with E-state index >= 15 is 0 Å². The average molecular weight is 354 g/mol. The Bertz CT molecular complexity index is 763. The number of benzene rings is 2. The standard InChI is InChI=1S/C20H22N2O4/c1-14(23)22-17(15-7-3-2-4-8-15)11-20(24)21-12-16-13-25-18-9-5-6-10-19(18)26-16/h2-10,16-17H,11-13H2,1H3,(H,21,24)(H,22,23). The number of fused-ring (bicyclic) bond motifs is 1. The smallest absolute Gasteiger partial charge is 0.222 e. The molecule has 1 aliphatic rings. The Hall–Kier alpha value is -3.02. The van der Waals surface area contributed by atoms with E-state index in [1.165, 1.54) is 6.92 Å². The second kappa shape index (κ2) is 8.38. The van der Waals surface area contributed by atoms with Crippen LogP contribution in [0.4, 0.5) is 0 Å². The van der Waals surface area contributed by atoms with E-state index in [2.05, 4.69) is 10.6 Å². The van der Waals surface area contributed by atoms with Crippen molar-refractivity contribution in [3.63, 3.8) is 0 Å². The SMILES string of the molecule is CC(=O)NC(CC(=O)NCC1COc2ccccc2O1)c1ccccc1. The van der Waals surface area contributed by atoms with Crippen LogP contribution in [-0.4, -0.2) is 31.1 Å². The third kappa shape index (κ3) is 4.75. The van der Waals surface area contributed by atoms with Crippen molar-refractivity contribution in [1.82, 2.24) is 10.6 Å². The predicted octanol–water partition coefficient (Wildman–Crippen LogP) is 2.21. The summed E-state index contributed by atoms with van der Waals surface area (Å²) >= 11 is 0. The lowest BCUT2D eigenvalue weighted by molar-refractivity contribution is -0.123. The van der Waals surface area contributed by atoms with Gasteiger partial charge in [-0.1, -0.05) is 42.5 Å². The van der Waals surface area contributed by atoms with Gasteiger partial charge in [-0.2, -0.15) is 0 Å². The molecule has 0 spiro atoms. The third-order valence-electron chi connectivity index (χ3n) is 4.06. The number of rotatable bonds is 6. The van der Waals surface area contributed by atoms with E-state index in [0.29, 0.717) is 24.7 Å². The second-order valence-corrected chi connectivity index (χ2v) is 6.17. The van der Waals surface area contributed by atoms with Gasteiger partial charge >= 0.3 is 0 Å². The highest BCUT2D eigenvalue weighted by atomic mass is 16.6. The maximum atomic E-state index is 12.3. The van der Waals surface area contributed by atoms with Crippen LogP contribution in [-0.2, 0) is 9.59 Å². The van der Waals surface area contributed by atoms with E-state index in [-0.39, 0.29) is 30.4 Å². The van der Waals surface area contributed by atoms with Crippen LogP contribution < -0.4 is 20.1 Å². The lowest BCUT2D eigenvalue weighted by Gasteiger charge is -2.26. The van der Waals surface area contributed by atoms with Gasteiger partial charge in [-0.3, -0.25) is 9.59 Å². The Morgan fingerprint density at radius 1 is 1.08 bits per heavy atom. The molecule has 2 atom stereocenters. The van der Waals surface area contributed by atoms with Crippen molar-refractivity contribution in [3.8, 4) is 11.5 Å². The molecule has 0 aliphatic carbocycles. The lowest BCUT2D eigenvalue weighted by Crippen LogP contribution is -2.41. The van der Waals surface area contributed by atoms with Crippen LogP contribution >= 0.6 is 0 Å². The number of amides is 2. The lowest BCUT2D eigenvalue weighted by atomic mass is 10.0. The molecule has 6 heteroatoms. The Morgan fingerprint density at radius 2 is 1.77 bits per heavy atom. The molecule has 2 amide bonds. The molecule has 0 fully saturated rings. The molecule has 0 saturated heterocycles. The molecule has 6 nitrogen and oxygen atoms in total. The molecule has 1 heterocycles. The number of para-hydroxylation sites is 2. The minimum absolute atomic E-state index is 0.157. The van der Waals surface area contributed by atoms with Gasteiger partial charge in [-0.05, 0) is 17.7 Å². The zero-order valence-electron chi connectivity index (χ0n) is 14.6. The first kappa shape index (κ1) is 17.8. The predicted molar refractivity (Wildman–Crippen MR) is 97.0 cm³/mol. The van der Waals surface area contributed by atoms with Gasteiger partial charge < -0.3 is 20.1 Å². The van der Waals surface area contributed by atoms with E-state index in [1.807, 2.05) is 54.6 Å². The molecular formula is C20H22N2O4. The van der Waals surface area contributed by atoms with E-state index in [0.717, 1.165) is 5.56 Å². The van der Waals surface area contributed by atoms with Crippen LogP contribution in [0.5, 0.6) is 11.5 Å². The van der Waals surface area contributed by atoms with Gasteiger partial charge in [-0.25, -0.2) is 0 Å². The van der Waals surface area contributed by atoms with Gasteiger partial charge in [0.25, 0.3) is 0 Å². The normalized spacial score (nSPS) is 16.4. The molecule has 2 unspecified atom stereocenters. The van der Waals surface area contributed by atoms with Crippen LogP contribution in [0.1, 0.15) is 24.9 Å². The van der Waals surface area contributed by atoms with E-state index in [4.69, 9.17) is 9.47 Å². The Balaban J connectivity index is 1.53. The zero-order valence-corrected chi connectivity index (χ0v) is 14.6. The van der Waals surface area contributed by atoms with Gasteiger partial charge in [0.2, 0.25) is 11.8 Å². The number of hydrogen-bond acceptors (Lipinski definition) is 4. The Kier molecular flexibility index (Phi) is 5.73. The van der Waals surface area contributed by atoms with Crippen LogP contribution in [0.25, 0.3) is 0 Å². The summed E-state index contributed by atoms with van der Waals surface area (Å²) in [6, 6.07) is 16.5. The summed E-state index contributed by atoms with van der Waals surface area (Å²) in [5.74, 6) is 1.06. The largest absolute Gasteiger partial charge is 0.486 e. The molecule has 2 N–H and O–H groups in total. The molecule has 0 aromatic heterocycles. The fourth-order valence-electron chi connectivity index (χ4n) is 2.83. The monoisotopic (exact) mass is 354 g/mol. The van der Waals surface area contributed by atoms with E-state index < -0.39 is 0 Å². The van der Waals surface area contributed by atoms with Gasteiger partial charge in [0, 0.05) is 6.92 Å². The van der Waals surface area contributed by atoms with E-state index in [1.54, 1.807) is 0 Å². The van der Waals surface area contributed by atoms with Crippen molar-refractivity contribution in [2.24, 2.45) is 0 Å². The van der Waals surface area contributed by atoms with Crippen LogP contribution in [0.2, 0.25) is 0 Å². The third-order valence-corrected chi connectivity index (χ3v) is 4.06. The van der Waals surface area contributed by atoms with Crippen LogP contribution in [0.15, 0.2) is 54.6 Å². The van der Waals surface area contributed by atoms with E-state index in [9.17, 15) is 9.59 Å². The average Bonchev–Trinajstić information content (AvgIpc) is 2.66. The number of carbonyl (C=O) groups excluding carboxylic acids is 2. The molecule has 136 valence electrons. The Morgan fingerprint density at radius 3 is 2.50 bits per heavy atom. The number of carbonyl (C=O) groups is 2.